The number of fused-ring (bicyclic) bond motifs is 7. The molecule has 0 unspecified atom stereocenters. The molecule has 0 bridgehead atoms. The summed E-state index contributed by atoms with van der Waals surface area (Å²) in [5, 5.41) is 0. The fourth-order valence-electron chi connectivity index (χ4n) is 5.93. The largest absolute Gasteiger partial charge is 0.480 e. The van der Waals surface area contributed by atoms with Crippen LogP contribution in [0.25, 0.3) is 42.5 Å². The van der Waals surface area contributed by atoms with E-state index >= 15 is 0 Å². The van der Waals surface area contributed by atoms with Crippen molar-refractivity contribution < 1.29 is 41.5 Å². The summed E-state index contributed by atoms with van der Waals surface area (Å²) in [7, 11) is 0. The summed E-state index contributed by atoms with van der Waals surface area (Å²) in [6.45, 7) is 3.73. The zero-order valence-corrected chi connectivity index (χ0v) is 25.3. The van der Waals surface area contributed by atoms with Gasteiger partial charge in [-0.25, -0.2) is 17.6 Å². The third-order valence-electron chi connectivity index (χ3n) is 7.92. The number of ketones is 4. The molecule has 5 nitrogen and oxygen atoms in total. The number of thiophene rings is 3. The number of carbonyl (C=O) groups is 4. The highest BCUT2D eigenvalue weighted by Crippen LogP contribution is 2.57. The lowest BCUT2D eigenvalue weighted by atomic mass is 9.95. The normalized spacial score (nSPS) is 18.2. The van der Waals surface area contributed by atoms with E-state index in [0.29, 0.717) is 27.6 Å². The van der Waals surface area contributed by atoms with E-state index in [1.54, 1.807) is 6.07 Å². The minimum atomic E-state index is -1.09. The summed E-state index contributed by atoms with van der Waals surface area (Å²) in [6, 6.07) is 6.73. The van der Waals surface area contributed by atoms with Crippen molar-refractivity contribution in [2.75, 3.05) is 0 Å². The molecule has 0 spiro atoms. The van der Waals surface area contributed by atoms with Crippen molar-refractivity contribution in [2.24, 2.45) is 0 Å². The Labute approximate surface area is 262 Å². The van der Waals surface area contributed by atoms with Crippen molar-refractivity contribution in [3.63, 3.8) is 0 Å². The van der Waals surface area contributed by atoms with Crippen molar-refractivity contribution in [2.45, 2.75) is 19.4 Å². The number of rotatable bonds is 2. The number of benzene rings is 2. The zero-order valence-electron chi connectivity index (χ0n) is 22.9. The molecule has 4 heterocycles. The van der Waals surface area contributed by atoms with Crippen molar-refractivity contribution in [1.29, 1.82) is 0 Å². The van der Waals surface area contributed by atoms with E-state index in [-0.39, 0.29) is 22.3 Å². The van der Waals surface area contributed by atoms with E-state index in [1.165, 1.54) is 46.2 Å². The molecule has 5 aromatic rings. The molecule has 2 aliphatic carbocycles. The highest BCUT2D eigenvalue weighted by Gasteiger charge is 2.40. The number of hydrogen-bond donors (Lipinski definition) is 0. The van der Waals surface area contributed by atoms with Gasteiger partial charge in [0.25, 0.3) is 0 Å². The van der Waals surface area contributed by atoms with Crippen LogP contribution in [0, 0.1) is 23.3 Å². The number of hydrogen-bond acceptors (Lipinski definition) is 8. The van der Waals surface area contributed by atoms with Gasteiger partial charge in [-0.1, -0.05) is 0 Å². The van der Waals surface area contributed by atoms with E-state index < -0.39 is 63.1 Å². The van der Waals surface area contributed by atoms with E-state index in [0.717, 1.165) is 36.9 Å². The van der Waals surface area contributed by atoms with Gasteiger partial charge in [-0.2, -0.15) is 0 Å². The second-order valence-electron chi connectivity index (χ2n) is 11.2. The first-order valence-corrected chi connectivity index (χ1v) is 15.8. The van der Waals surface area contributed by atoms with E-state index in [9.17, 15) is 36.7 Å². The molecule has 3 aliphatic rings. The molecule has 1 aliphatic heterocycles. The Bertz CT molecular complexity index is 2350. The molecule has 0 saturated heterocycles. The molecule has 8 rings (SSSR count). The molecule has 45 heavy (non-hydrogen) atoms. The molecule has 0 N–H and O–H groups in total. The van der Waals surface area contributed by atoms with Crippen LogP contribution < -0.4 is 4.74 Å². The molecule has 0 amide bonds. The minimum absolute atomic E-state index is 0.0842. The van der Waals surface area contributed by atoms with Gasteiger partial charge in [-0.15, -0.1) is 34.0 Å². The Morgan fingerprint density at radius 3 is 1.73 bits per heavy atom. The van der Waals surface area contributed by atoms with Crippen molar-refractivity contribution in [1.82, 2.24) is 0 Å². The lowest BCUT2D eigenvalue weighted by Crippen LogP contribution is -2.27. The molecule has 0 radical (unpaired) electrons. The van der Waals surface area contributed by atoms with Crippen LogP contribution in [-0.2, 0) is 15.2 Å². The van der Waals surface area contributed by atoms with Gasteiger partial charge in [0.15, 0.2) is 5.75 Å². The number of Topliss-reactive ketones (excluding diaryl/α,β-unsaturated/α-hetero) is 4. The molecule has 0 saturated carbocycles. The predicted octanol–water partition coefficient (Wildman–Crippen LogP) is 8.49. The Morgan fingerprint density at radius 1 is 0.644 bits per heavy atom. The maximum Gasteiger partial charge on any atom is 0.237 e. The quantitative estimate of drug-likeness (QED) is 0.108. The molecule has 0 fully saturated rings. The molecule has 3 aromatic heterocycles. The third-order valence-corrected chi connectivity index (χ3v) is 11.5. The lowest BCUT2D eigenvalue weighted by Gasteiger charge is -2.31. The Kier molecular flexibility index (Phi) is 5.76. The number of halogens is 4. The maximum atomic E-state index is 14.4. The van der Waals surface area contributed by atoms with Crippen LogP contribution in [0.2, 0.25) is 0 Å². The highest BCUT2D eigenvalue weighted by molar-refractivity contribution is 7.32. The van der Waals surface area contributed by atoms with Gasteiger partial charge in [0.1, 0.15) is 28.9 Å². The first-order valence-electron chi connectivity index (χ1n) is 13.3. The molecule has 0 atom stereocenters. The van der Waals surface area contributed by atoms with Crippen LogP contribution in [0.5, 0.6) is 5.75 Å². The van der Waals surface area contributed by atoms with Gasteiger partial charge in [0.2, 0.25) is 23.1 Å². The zero-order chi connectivity index (χ0) is 31.7. The van der Waals surface area contributed by atoms with Gasteiger partial charge in [0.05, 0.1) is 30.3 Å². The van der Waals surface area contributed by atoms with E-state index in [2.05, 4.69) is 0 Å². The summed E-state index contributed by atoms with van der Waals surface area (Å²) in [5.41, 5.74) is -1.23. The second-order valence-corrected chi connectivity index (χ2v) is 14.4. The van der Waals surface area contributed by atoms with Gasteiger partial charge < -0.3 is 4.74 Å². The average Bonchev–Trinajstić information content (AvgIpc) is 3.73. The molecule has 222 valence electrons. The maximum absolute atomic E-state index is 14.4. The fraction of sp³-hybridized carbons (Fsp3) is 0.0909. The summed E-state index contributed by atoms with van der Waals surface area (Å²) < 4.78 is 64.7. The van der Waals surface area contributed by atoms with Crippen LogP contribution >= 0.6 is 34.0 Å². The smallest absolute Gasteiger partial charge is 0.237 e. The number of ether oxygens (including phenoxy) is 1. The van der Waals surface area contributed by atoms with E-state index in [1.807, 2.05) is 19.9 Å². The minimum Gasteiger partial charge on any atom is -0.480 e. The molecular weight excluding hydrogens is 649 g/mol. The Hall–Kier alpha value is -4.52. The summed E-state index contributed by atoms with van der Waals surface area (Å²) >= 11 is 4.05. The van der Waals surface area contributed by atoms with Crippen LogP contribution in [0.3, 0.4) is 0 Å². The average molecular weight is 663 g/mol. The molecule has 2 aromatic carbocycles. The van der Waals surface area contributed by atoms with Gasteiger partial charge in [-0.3, -0.25) is 19.2 Å². The summed E-state index contributed by atoms with van der Waals surface area (Å²) in [4.78, 5) is 53.2. The van der Waals surface area contributed by atoms with Crippen LogP contribution in [0.1, 0.15) is 61.0 Å². The third kappa shape index (κ3) is 3.95. The first-order chi connectivity index (χ1) is 21.3. The lowest BCUT2D eigenvalue weighted by molar-refractivity contribution is -0.110. The van der Waals surface area contributed by atoms with Crippen LogP contribution in [0.4, 0.5) is 17.6 Å². The van der Waals surface area contributed by atoms with Crippen molar-refractivity contribution in [3.05, 3.63) is 97.2 Å². The van der Waals surface area contributed by atoms with Gasteiger partial charge in [0, 0.05) is 49.7 Å². The van der Waals surface area contributed by atoms with Crippen LogP contribution in [-0.4, -0.2) is 23.1 Å². The van der Waals surface area contributed by atoms with Crippen molar-refractivity contribution >= 4 is 89.8 Å². The standard InChI is InChI=1S/C33H14F4O5S3/c1-33(2)19-9-13(7-17-15-3-11(34)5-20(36)23(15)27(40)25(17)38)43-30(19)32-29(42-33)31-22(45-32)10-14(44-31)8-18-16-4-12(35)6-21(37)24(16)28(41)26(18)39/h3-10H,1-2H3/b17-7-,18-8-. The van der Waals surface area contributed by atoms with Crippen molar-refractivity contribution in [3.8, 4) is 15.5 Å². The monoisotopic (exact) mass is 662 g/mol. The molecule has 12 heteroatoms. The summed E-state index contributed by atoms with van der Waals surface area (Å²) in [5.74, 6) is -7.24. The molecular formula is C33H14F4O5S3. The van der Waals surface area contributed by atoms with Crippen LogP contribution in [0.15, 0.2) is 36.4 Å². The van der Waals surface area contributed by atoms with E-state index in [4.69, 9.17) is 4.74 Å². The Morgan fingerprint density at radius 2 is 1.18 bits per heavy atom. The van der Waals surface area contributed by atoms with Gasteiger partial charge in [-0.05, 0) is 50.3 Å². The predicted molar refractivity (Wildman–Crippen MR) is 164 cm³/mol. The Balaban J connectivity index is 1.22. The second kappa shape index (κ2) is 9.25. The topological polar surface area (TPSA) is 77.5 Å². The number of allylic oxidation sites excluding steroid dienone is 2. The summed E-state index contributed by atoms with van der Waals surface area (Å²) in [6.07, 6.45) is 2.92. The SMILES string of the molecule is CC1(C)Oc2c(sc3cc(/C=C4\C(=O)C(=O)c5c(F)cc(F)cc54)sc23)-c2sc(/C=C3\C(=O)C(=O)c4c(F)cc(F)cc43)cc21. The fourth-order valence-corrected chi connectivity index (χ4v) is 9.77. The highest BCUT2D eigenvalue weighted by atomic mass is 32.1. The van der Waals surface area contributed by atoms with Gasteiger partial charge >= 0.3 is 0 Å². The first kappa shape index (κ1) is 28.0. The number of carbonyl (C=O) groups excluding carboxylic acids is 4.